The van der Waals surface area contributed by atoms with Crippen molar-refractivity contribution in [2.45, 2.75) is 50.7 Å². The predicted octanol–water partition coefficient (Wildman–Crippen LogP) is 3.98. The average molecular weight is 464 g/mol. The molecule has 0 spiro atoms. The molecular formula is C28H37N3O3. The Hall–Kier alpha value is -2.31. The van der Waals surface area contributed by atoms with E-state index in [1.54, 1.807) is 0 Å². The SMILES string of the molecule is CN1CC2CCN(c3ccc(N4CCC5=CC(OCC6CCCO6)=CCC5C4=O)cc3)C2(C)C1. The van der Waals surface area contributed by atoms with E-state index in [2.05, 4.69) is 60.2 Å². The van der Waals surface area contributed by atoms with Crippen LogP contribution in [0.3, 0.4) is 0 Å². The molecule has 6 heteroatoms. The minimum atomic E-state index is -0.0595. The van der Waals surface area contributed by atoms with Crippen molar-refractivity contribution in [2.75, 3.05) is 56.2 Å². The Bertz CT molecular complexity index is 997. The third kappa shape index (κ3) is 3.85. The number of anilines is 2. The Labute approximate surface area is 203 Å². The Kier molecular flexibility index (Phi) is 5.69. The van der Waals surface area contributed by atoms with Gasteiger partial charge in [-0.1, -0.05) is 5.57 Å². The molecule has 0 bridgehead atoms. The summed E-state index contributed by atoms with van der Waals surface area (Å²) in [6.45, 7) is 8.04. The fourth-order valence-corrected chi connectivity index (χ4v) is 6.89. The van der Waals surface area contributed by atoms with Crippen LogP contribution in [-0.2, 0) is 14.3 Å². The van der Waals surface area contributed by atoms with Gasteiger partial charge in [-0.3, -0.25) is 4.79 Å². The Balaban J connectivity index is 1.11. The van der Waals surface area contributed by atoms with Crippen molar-refractivity contribution < 1.29 is 14.3 Å². The third-order valence-electron chi connectivity index (χ3n) is 8.77. The van der Waals surface area contributed by atoms with Crippen molar-refractivity contribution in [2.24, 2.45) is 11.8 Å². The number of likely N-dealkylation sites (N-methyl/N-ethyl adjacent to an activating group) is 1. The minimum Gasteiger partial charge on any atom is -0.491 e. The molecule has 1 amide bonds. The Morgan fingerprint density at radius 3 is 2.76 bits per heavy atom. The highest BCUT2D eigenvalue weighted by Gasteiger charge is 2.50. The second-order valence-corrected chi connectivity index (χ2v) is 11.0. The van der Waals surface area contributed by atoms with Gasteiger partial charge in [0.2, 0.25) is 5.91 Å². The van der Waals surface area contributed by atoms with E-state index in [1.165, 1.54) is 24.2 Å². The van der Waals surface area contributed by atoms with E-state index in [0.717, 1.165) is 69.3 Å². The van der Waals surface area contributed by atoms with Crippen molar-refractivity contribution in [3.63, 3.8) is 0 Å². The van der Waals surface area contributed by atoms with Crippen LogP contribution in [0.25, 0.3) is 0 Å². The van der Waals surface area contributed by atoms with Crippen molar-refractivity contribution in [1.29, 1.82) is 0 Å². The molecule has 0 radical (unpaired) electrons. The molecule has 4 aliphatic heterocycles. The molecule has 0 N–H and O–H groups in total. The van der Waals surface area contributed by atoms with Gasteiger partial charge in [0.25, 0.3) is 0 Å². The van der Waals surface area contributed by atoms with Gasteiger partial charge in [-0.15, -0.1) is 0 Å². The lowest BCUT2D eigenvalue weighted by Gasteiger charge is -2.38. The van der Waals surface area contributed by atoms with Gasteiger partial charge in [-0.25, -0.2) is 0 Å². The lowest BCUT2D eigenvalue weighted by molar-refractivity contribution is -0.122. The number of carbonyl (C=O) groups is 1. The molecule has 4 atom stereocenters. The lowest BCUT2D eigenvalue weighted by atomic mass is 9.84. The normalized spacial score (nSPS) is 33.6. The maximum Gasteiger partial charge on any atom is 0.234 e. The standard InChI is InChI=1S/C28H37N3O3/c1-28-19-29(2)17-21(28)12-14-31(28)23-7-5-22(6-8-23)30-13-11-20-16-24(9-10-26(20)27(30)32)34-18-25-4-3-15-33-25/h5-9,16,21,25-26H,3-4,10-15,17-19H2,1-2H3. The highest BCUT2D eigenvalue weighted by molar-refractivity contribution is 5.98. The van der Waals surface area contributed by atoms with Crippen LogP contribution in [0, 0.1) is 11.8 Å². The van der Waals surface area contributed by atoms with Crippen LogP contribution < -0.4 is 9.80 Å². The van der Waals surface area contributed by atoms with Crippen LogP contribution >= 0.6 is 0 Å². The molecule has 4 heterocycles. The number of nitrogens with zero attached hydrogens (tertiary/aromatic N) is 3. The molecule has 34 heavy (non-hydrogen) atoms. The van der Waals surface area contributed by atoms with Crippen LogP contribution in [0.15, 0.2) is 47.7 Å². The zero-order chi connectivity index (χ0) is 23.3. The number of allylic oxidation sites excluding steroid dienone is 2. The third-order valence-corrected chi connectivity index (χ3v) is 8.77. The summed E-state index contributed by atoms with van der Waals surface area (Å²) in [5.74, 6) is 1.80. The summed E-state index contributed by atoms with van der Waals surface area (Å²) in [5, 5.41) is 0. The van der Waals surface area contributed by atoms with E-state index in [-0.39, 0.29) is 23.5 Å². The van der Waals surface area contributed by atoms with E-state index in [4.69, 9.17) is 9.47 Å². The number of likely N-dealkylation sites (tertiary alicyclic amines) is 1. The number of carbonyl (C=O) groups excluding carboxylic acids is 1. The van der Waals surface area contributed by atoms with Crippen molar-refractivity contribution in [1.82, 2.24) is 4.90 Å². The Morgan fingerprint density at radius 1 is 1.15 bits per heavy atom. The largest absolute Gasteiger partial charge is 0.491 e. The molecule has 0 saturated carbocycles. The molecule has 1 aliphatic carbocycles. The summed E-state index contributed by atoms with van der Waals surface area (Å²) >= 11 is 0. The number of hydrogen-bond donors (Lipinski definition) is 0. The molecule has 5 aliphatic rings. The summed E-state index contributed by atoms with van der Waals surface area (Å²) in [6, 6.07) is 8.73. The summed E-state index contributed by atoms with van der Waals surface area (Å²) in [6.07, 6.45) is 9.48. The molecule has 4 fully saturated rings. The number of rotatable bonds is 5. The molecule has 1 aromatic carbocycles. The van der Waals surface area contributed by atoms with Gasteiger partial charge in [0.05, 0.1) is 17.6 Å². The van der Waals surface area contributed by atoms with Crippen LogP contribution in [0.5, 0.6) is 0 Å². The van der Waals surface area contributed by atoms with E-state index >= 15 is 0 Å². The minimum absolute atomic E-state index is 0.0595. The van der Waals surface area contributed by atoms with Gasteiger partial charge >= 0.3 is 0 Å². The average Bonchev–Trinajstić information content (AvgIpc) is 3.53. The van der Waals surface area contributed by atoms with Crippen LogP contribution in [0.4, 0.5) is 11.4 Å². The van der Waals surface area contributed by atoms with Crippen LogP contribution in [0.2, 0.25) is 0 Å². The maximum atomic E-state index is 13.4. The Morgan fingerprint density at radius 2 is 1.97 bits per heavy atom. The summed E-state index contributed by atoms with van der Waals surface area (Å²) in [7, 11) is 2.23. The lowest BCUT2D eigenvalue weighted by Crippen LogP contribution is -2.47. The second-order valence-electron chi connectivity index (χ2n) is 11.0. The topological polar surface area (TPSA) is 45.2 Å². The monoisotopic (exact) mass is 463 g/mol. The summed E-state index contributed by atoms with van der Waals surface area (Å²) < 4.78 is 11.7. The smallest absolute Gasteiger partial charge is 0.234 e. The van der Waals surface area contributed by atoms with E-state index in [0.29, 0.717) is 6.61 Å². The molecule has 4 unspecified atom stereocenters. The van der Waals surface area contributed by atoms with Gasteiger partial charge < -0.3 is 24.2 Å². The zero-order valence-corrected chi connectivity index (χ0v) is 20.5. The maximum absolute atomic E-state index is 13.4. The molecule has 1 aromatic rings. The van der Waals surface area contributed by atoms with Crippen molar-refractivity contribution >= 4 is 17.3 Å². The van der Waals surface area contributed by atoms with Crippen molar-refractivity contribution in [3.05, 3.63) is 47.7 Å². The number of ether oxygens (including phenoxy) is 2. The van der Waals surface area contributed by atoms with Gasteiger partial charge in [0.15, 0.2) is 0 Å². The fraction of sp³-hybridized carbons (Fsp3) is 0.607. The molecule has 182 valence electrons. The molecule has 0 aromatic heterocycles. The van der Waals surface area contributed by atoms with Gasteiger partial charge in [0, 0.05) is 44.2 Å². The molecule has 4 saturated heterocycles. The predicted molar refractivity (Wildman–Crippen MR) is 134 cm³/mol. The van der Waals surface area contributed by atoms with Crippen molar-refractivity contribution in [3.8, 4) is 0 Å². The highest BCUT2D eigenvalue weighted by Crippen LogP contribution is 2.43. The summed E-state index contributed by atoms with van der Waals surface area (Å²) in [5.41, 5.74) is 3.73. The van der Waals surface area contributed by atoms with E-state index < -0.39 is 0 Å². The first-order valence-electron chi connectivity index (χ1n) is 13.0. The zero-order valence-electron chi connectivity index (χ0n) is 20.5. The van der Waals surface area contributed by atoms with Crippen LogP contribution in [0.1, 0.15) is 39.0 Å². The fourth-order valence-electron chi connectivity index (χ4n) is 6.89. The molecule has 6 rings (SSSR count). The van der Waals surface area contributed by atoms with Gasteiger partial charge in [-0.05, 0) is 88.4 Å². The number of benzene rings is 1. The van der Waals surface area contributed by atoms with Gasteiger partial charge in [-0.2, -0.15) is 0 Å². The first kappa shape index (κ1) is 22.2. The first-order valence-corrected chi connectivity index (χ1v) is 13.0. The number of piperidine rings is 1. The number of fused-ring (bicyclic) bond motifs is 2. The first-order chi connectivity index (χ1) is 16.5. The molecule has 6 nitrogen and oxygen atoms in total. The highest BCUT2D eigenvalue weighted by atomic mass is 16.5. The number of hydrogen-bond acceptors (Lipinski definition) is 5. The molecular weight excluding hydrogens is 426 g/mol. The van der Waals surface area contributed by atoms with E-state index in [1.807, 2.05) is 4.90 Å². The number of amides is 1. The quantitative estimate of drug-likeness (QED) is 0.661. The second kappa shape index (κ2) is 8.72. The van der Waals surface area contributed by atoms with Crippen LogP contribution in [-0.4, -0.2) is 68.9 Å². The van der Waals surface area contributed by atoms with E-state index in [9.17, 15) is 4.79 Å². The summed E-state index contributed by atoms with van der Waals surface area (Å²) in [4.78, 5) is 20.4. The van der Waals surface area contributed by atoms with Gasteiger partial charge in [0.1, 0.15) is 12.4 Å².